The number of rotatable bonds is 8. The zero-order valence-electron chi connectivity index (χ0n) is 19.2. The van der Waals surface area contributed by atoms with Crippen LogP contribution in [0.15, 0.2) is 36.7 Å². The highest BCUT2D eigenvalue weighted by atomic mass is 32.2. The van der Waals surface area contributed by atoms with Gasteiger partial charge in [0.05, 0.1) is 37.8 Å². The van der Waals surface area contributed by atoms with E-state index in [2.05, 4.69) is 15.0 Å². The Morgan fingerprint density at radius 2 is 1.88 bits per heavy atom. The van der Waals surface area contributed by atoms with Crippen LogP contribution in [0.3, 0.4) is 0 Å². The number of methoxy groups -OCH3 is 2. The molecule has 0 unspecified atom stereocenters. The smallest absolute Gasteiger partial charge is 0.242 e. The van der Waals surface area contributed by atoms with Crippen LogP contribution in [0.5, 0.6) is 17.4 Å². The molecule has 0 radical (unpaired) electrons. The number of ether oxygens (including phenoxy) is 4. The van der Waals surface area contributed by atoms with Crippen molar-refractivity contribution in [1.29, 1.82) is 0 Å². The van der Waals surface area contributed by atoms with Gasteiger partial charge in [-0.2, -0.15) is 17.8 Å². The van der Waals surface area contributed by atoms with Crippen molar-refractivity contribution < 1.29 is 27.4 Å². The first kappa shape index (κ1) is 25.9. The number of aromatic nitrogens is 3. The molecule has 3 heterocycles. The molecule has 0 aliphatic carbocycles. The molecule has 0 N–H and O–H groups in total. The fourth-order valence-corrected chi connectivity index (χ4v) is 4.70. The van der Waals surface area contributed by atoms with E-state index in [-0.39, 0.29) is 32.4 Å². The summed E-state index contributed by atoms with van der Waals surface area (Å²) in [5, 5.41) is 0. The maximum absolute atomic E-state index is 12.2. The van der Waals surface area contributed by atoms with Gasteiger partial charge < -0.3 is 18.9 Å². The third kappa shape index (κ3) is 5.52. The Morgan fingerprint density at radius 1 is 1.12 bits per heavy atom. The fraction of sp³-hybridized carbons (Fsp3) is 0.409. The number of fused-ring (bicyclic) bond motifs is 1. The first-order valence-electron chi connectivity index (χ1n) is 10.5. The summed E-state index contributed by atoms with van der Waals surface area (Å²) in [5.41, 5.74) is 2.54. The van der Waals surface area contributed by atoms with Gasteiger partial charge >= 0.3 is 0 Å². The van der Waals surface area contributed by atoms with Gasteiger partial charge in [-0.05, 0) is 31.2 Å². The number of morpholine rings is 1. The molecule has 0 bridgehead atoms. The molecule has 1 aromatic carbocycles. The Morgan fingerprint density at radius 3 is 2.62 bits per heavy atom. The monoisotopic (exact) mass is 508 g/mol. The lowest BCUT2D eigenvalue weighted by atomic mass is 10.1. The Kier molecular flexibility index (Phi) is 8.52. The molecular formula is C22H28N4O6S2. The normalized spacial score (nSPS) is 16.6. The molecule has 34 heavy (non-hydrogen) atoms. The standard InChI is InChI=1S/C22H26N4O6S.H2S/c1-4-33(27,28)26-9-10-31-16(13-26)14-32-22-21-18(23-7-8-24-21)12-17(25-22)15-5-6-19(29-2)20(11-15)30-3;/h5-8,11-12,16H,4,9-10,13-14H2,1-3H3;1H2/t16-;/m0./s1. The van der Waals surface area contributed by atoms with E-state index in [9.17, 15) is 8.42 Å². The molecule has 1 saturated heterocycles. The lowest BCUT2D eigenvalue weighted by Crippen LogP contribution is -2.48. The van der Waals surface area contributed by atoms with E-state index >= 15 is 0 Å². The highest BCUT2D eigenvalue weighted by Crippen LogP contribution is 2.33. The highest BCUT2D eigenvalue weighted by Gasteiger charge is 2.29. The van der Waals surface area contributed by atoms with Crippen LogP contribution >= 0.6 is 13.5 Å². The zero-order valence-corrected chi connectivity index (χ0v) is 21.0. The molecule has 0 spiro atoms. The number of hydrogen-bond acceptors (Lipinski definition) is 9. The minimum absolute atomic E-state index is 0. The average Bonchev–Trinajstić information content (AvgIpc) is 2.86. The van der Waals surface area contributed by atoms with Crippen molar-refractivity contribution in [2.45, 2.75) is 13.0 Å². The van der Waals surface area contributed by atoms with Crippen LogP contribution in [-0.2, 0) is 14.8 Å². The molecule has 184 valence electrons. The number of pyridine rings is 1. The summed E-state index contributed by atoms with van der Waals surface area (Å²) in [6, 6.07) is 7.32. The summed E-state index contributed by atoms with van der Waals surface area (Å²) in [6.45, 7) is 2.64. The molecule has 4 rings (SSSR count). The number of benzene rings is 1. The van der Waals surface area contributed by atoms with Crippen LogP contribution < -0.4 is 14.2 Å². The van der Waals surface area contributed by atoms with Crippen molar-refractivity contribution in [3.05, 3.63) is 36.7 Å². The third-order valence-corrected chi connectivity index (χ3v) is 7.22. The SMILES string of the molecule is CCS(=O)(=O)N1CCO[C@H](COc2nc(-c3ccc(OC)c(OC)c3)cc3nccnc23)C1.S. The van der Waals surface area contributed by atoms with Crippen molar-refractivity contribution in [3.63, 3.8) is 0 Å². The molecule has 10 nitrogen and oxygen atoms in total. The van der Waals surface area contributed by atoms with Gasteiger partial charge in [0.25, 0.3) is 0 Å². The molecule has 3 aromatic rings. The molecule has 12 heteroatoms. The molecule has 1 aliphatic rings. The third-order valence-electron chi connectivity index (χ3n) is 5.37. The Balaban J connectivity index is 0.00000324. The number of hydrogen-bond donors (Lipinski definition) is 0. The van der Waals surface area contributed by atoms with Gasteiger partial charge in [0, 0.05) is 31.0 Å². The van der Waals surface area contributed by atoms with E-state index in [0.717, 1.165) is 5.56 Å². The van der Waals surface area contributed by atoms with Crippen LogP contribution in [0, 0.1) is 0 Å². The maximum atomic E-state index is 12.2. The van der Waals surface area contributed by atoms with Gasteiger partial charge in [0.2, 0.25) is 15.9 Å². The average molecular weight is 509 g/mol. The Bertz CT molecular complexity index is 1240. The summed E-state index contributed by atoms with van der Waals surface area (Å²) in [7, 11) is -0.141. The molecule has 1 fully saturated rings. The van der Waals surface area contributed by atoms with Gasteiger partial charge in [-0.15, -0.1) is 0 Å². The lowest BCUT2D eigenvalue weighted by Gasteiger charge is -2.31. The van der Waals surface area contributed by atoms with Crippen molar-refractivity contribution >= 4 is 34.6 Å². The van der Waals surface area contributed by atoms with E-state index in [1.807, 2.05) is 18.2 Å². The first-order valence-corrected chi connectivity index (χ1v) is 12.1. The van der Waals surface area contributed by atoms with E-state index in [0.29, 0.717) is 47.3 Å². The predicted octanol–water partition coefficient (Wildman–Crippen LogP) is 2.25. The Labute approximate surface area is 205 Å². The second-order valence-corrected chi connectivity index (χ2v) is 9.63. The first-order chi connectivity index (χ1) is 15.9. The van der Waals surface area contributed by atoms with Gasteiger partial charge in [-0.25, -0.2) is 18.4 Å². The minimum Gasteiger partial charge on any atom is -0.493 e. The molecule has 1 atom stereocenters. The summed E-state index contributed by atoms with van der Waals surface area (Å²) < 4.78 is 48.3. The largest absolute Gasteiger partial charge is 0.493 e. The van der Waals surface area contributed by atoms with Crippen LogP contribution in [0.2, 0.25) is 0 Å². The molecule has 1 aliphatic heterocycles. The fourth-order valence-electron chi connectivity index (χ4n) is 3.59. The molecule has 0 amide bonds. The summed E-state index contributed by atoms with van der Waals surface area (Å²) in [6.07, 6.45) is 2.75. The minimum atomic E-state index is -3.29. The quantitative estimate of drug-likeness (QED) is 0.452. The topological polar surface area (TPSA) is 113 Å². The van der Waals surface area contributed by atoms with Crippen LogP contribution in [0.4, 0.5) is 0 Å². The maximum Gasteiger partial charge on any atom is 0.242 e. The molecule has 0 saturated carbocycles. The van der Waals surface area contributed by atoms with E-state index < -0.39 is 16.1 Å². The van der Waals surface area contributed by atoms with Gasteiger partial charge in [0.15, 0.2) is 17.0 Å². The second kappa shape index (κ2) is 11.2. The van der Waals surface area contributed by atoms with Crippen LogP contribution in [0.1, 0.15) is 6.92 Å². The summed E-state index contributed by atoms with van der Waals surface area (Å²) in [4.78, 5) is 13.4. The van der Waals surface area contributed by atoms with Gasteiger partial charge in [0.1, 0.15) is 12.7 Å². The van der Waals surface area contributed by atoms with Crippen molar-refractivity contribution in [2.24, 2.45) is 0 Å². The van der Waals surface area contributed by atoms with Crippen molar-refractivity contribution in [1.82, 2.24) is 19.3 Å². The second-order valence-electron chi connectivity index (χ2n) is 7.37. The van der Waals surface area contributed by atoms with E-state index in [1.54, 1.807) is 39.6 Å². The van der Waals surface area contributed by atoms with Crippen LogP contribution in [0.25, 0.3) is 22.3 Å². The van der Waals surface area contributed by atoms with E-state index in [4.69, 9.17) is 18.9 Å². The predicted molar refractivity (Wildman–Crippen MR) is 133 cm³/mol. The Hall–Kier alpha value is -2.67. The van der Waals surface area contributed by atoms with Gasteiger partial charge in [-0.3, -0.25) is 4.98 Å². The number of sulfonamides is 1. The van der Waals surface area contributed by atoms with E-state index in [1.165, 1.54) is 4.31 Å². The summed E-state index contributed by atoms with van der Waals surface area (Å²) >= 11 is 0. The van der Waals surface area contributed by atoms with Crippen molar-refractivity contribution in [3.8, 4) is 28.6 Å². The lowest BCUT2D eigenvalue weighted by molar-refractivity contribution is -0.0253. The van der Waals surface area contributed by atoms with Crippen LogP contribution in [-0.4, -0.2) is 80.1 Å². The van der Waals surface area contributed by atoms with Crippen molar-refractivity contribution in [2.75, 3.05) is 46.3 Å². The molecule has 2 aromatic heterocycles. The highest BCUT2D eigenvalue weighted by molar-refractivity contribution is 7.89. The zero-order chi connectivity index (χ0) is 23.4. The number of nitrogens with zero attached hydrogens (tertiary/aromatic N) is 4. The van der Waals surface area contributed by atoms with Gasteiger partial charge in [-0.1, -0.05) is 0 Å². The molecular weight excluding hydrogens is 480 g/mol. The summed E-state index contributed by atoms with van der Waals surface area (Å²) in [5.74, 6) is 1.53.